The molecule has 4 nitrogen and oxygen atoms in total. The first-order valence-electron chi connectivity index (χ1n) is 6.41. The second-order valence-corrected chi connectivity index (χ2v) is 6.88. The van der Waals surface area contributed by atoms with Crippen molar-refractivity contribution in [1.29, 1.82) is 0 Å². The zero-order valence-electron chi connectivity index (χ0n) is 10.9. The van der Waals surface area contributed by atoms with E-state index in [9.17, 15) is 12.8 Å². The van der Waals surface area contributed by atoms with Crippen LogP contribution >= 0.6 is 0 Å². The van der Waals surface area contributed by atoms with Crippen LogP contribution in [0.2, 0.25) is 0 Å². The Bertz CT molecular complexity index is 568. The highest BCUT2D eigenvalue weighted by Crippen LogP contribution is 2.48. The third-order valence-corrected chi connectivity index (χ3v) is 5.28. The van der Waals surface area contributed by atoms with Gasteiger partial charge >= 0.3 is 0 Å². The normalized spacial score (nSPS) is 17.4. The van der Waals surface area contributed by atoms with Crippen LogP contribution in [0.3, 0.4) is 0 Å². The van der Waals surface area contributed by atoms with Crippen molar-refractivity contribution in [2.45, 2.75) is 37.6 Å². The van der Waals surface area contributed by atoms with Crippen molar-refractivity contribution < 1.29 is 12.8 Å². The minimum absolute atomic E-state index is 0.0784. The second kappa shape index (κ2) is 5.19. The van der Waals surface area contributed by atoms with E-state index in [0.717, 1.165) is 25.3 Å². The number of nitrogens with two attached hydrogens (primary N) is 1. The zero-order chi connectivity index (χ0) is 14.1. The van der Waals surface area contributed by atoms with Crippen LogP contribution in [0.4, 0.5) is 4.39 Å². The number of rotatable bonds is 6. The molecular weight excluding hydrogens is 267 g/mol. The lowest BCUT2D eigenvalue weighted by Crippen LogP contribution is -2.30. The first-order valence-corrected chi connectivity index (χ1v) is 7.89. The molecule has 1 aromatic rings. The molecule has 0 atom stereocenters. The van der Waals surface area contributed by atoms with Gasteiger partial charge in [-0.05, 0) is 42.4 Å². The van der Waals surface area contributed by atoms with Crippen LogP contribution in [0.5, 0.6) is 0 Å². The van der Waals surface area contributed by atoms with Gasteiger partial charge in [0.1, 0.15) is 10.7 Å². The van der Waals surface area contributed by atoms with Gasteiger partial charge in [-0.2, -0.15) is 0 Å². The van der Waals surface area contributed by atoms with Gasteiger partial charge in [-0.3, -0.25) is 0 Å². The van der Waals surface area contributed by atoms with E-state index in [0.29, 0.717) is 12.1 Å². The van der Waals surface area contributed by atoms with Gasteiger partial charge in [0.05, 0.1) is 0 Å². The Labute approximate surface area is 113 Å². The summed E-state index contributed by atoms with van der Waals surface area (Å²) in [4.78, 5) is -0.317. The van der Waals surface area contributed by atoms with Crippen molar-refractivity contribution in [2.75, 3.05) is 6.54 Å². The average molecular weight is 286 g/mol. The smallest absolute Gasteiger partial charge is 0.243 e. The third kappa shape index (κ3) is 3.13. The predicted octanol–water partition coefficient (Wildman–Crippen LogP) is 1.75. The zero-order valence-corrected chi connectivity index (χ0v) is 11.8. The van der Waals surface area contributed by atoms with E-state index in [4.69, 9.17) is 5.73 Å². The molecule has 1 fully saturated rings. The van der Waals surface area contributed by atoms with Crippen molar-refractivity contribution in [2.24, 2.45) is 11.1 Å². The summed E-state index contributed by atoms with van der Waals surface area (Å²) in [6.07, 6.45) is 2.98. The molecule has 1 aromatic carbocycles. The predicted molar refractivity (Wildman–Crippen MR) is 71.4 cm³/mol. The summed E-state index contributed by atoms with van der Waals surface area (Å²) in [7, 11) is -3.81. The molecule has 106 valence electrons. The molecular formula is C13H19FN2O2S. The van der Waals surface area contributed by atoms with Crippen molar-refractivity contribution >= 4 is 10.0 Å². The van der Waals surface area contributed by atoms with Crippen LogP contribution in [0, 0.1) is 11.2 Å². The molecule has 0 bridgehead atoms. The minimum atomic E-state index is -3.81. The molecule has 0 radical (unpaired) electrons. The summed E-state index contributed by atoms with van der Waals surface area (Å²) in [5, 5.41) is 0. The van der Waals surface area contributed by atoms with E-state index in [1.54, 1.807) is 0 Å². The topological polar surface area (TPSA) is 72.2 Å². The summed E-state index contributed by atoms with van der Waals surface area (Å²) in [5.74, 6) is -0.744. The number of sulfonamides is 1. The molecule has 1 aliphatic rings. The number of benzene rings is 1. The maximum atomic E-state index is 13.7. The Morgan fingerprint density at radius 2 is 2.11 bits per heavy atom. The Kier molecular flexibility index (Phi) is 3.94. The van der Waals surface area contributed by atoms with Gasteiger partial charge in [0.25, 0.3) is 0 Å². The first kappa shape index (κ1) is 14.4. The maximum absolute atomic E-state index is 13.7. The molecule has 0 saturated heterocycles. The second-order valence-electron chi connectivity index (χ2n) is 5.15. The van der Waals surface area contributed by atoms with Crippen LogP contribution in [-0.2, 0) is 16.6 Å². The highest BCUT2D eigenvalue weighted by Gasteiger charge is 2.41. The number of halogens is 1. The molecule has 0 amide bonds. The lowest BCUT2D eigenvalue weighted by molar-refractivity contribution is 0.473. The molecule has 19 heavy (non-hydrogen) atoms. The summed E-state index contributed by atoms with van der Waals surface area (Å²) < 4.78 is 40.4. The van der Waals surface area contributed by atoms with E-state index in [2.05, 4.69) is 4.72 Å². The fourth-order valence-electron chi connectivity index (χ4n) is 2.04. The summed E-state index contributed by atoms with van der Waals surface area (Å²) in [6, 6.07) is 3.93. The van der Waals surface area contributed by atoms with Gasteiger partial charge in [0.15, 0.2) is 0 Å². The van der Waals surface area contributed by atoms with Crippen molar-refractivity contribution in [3.8, 4) is 0 Å². The molecule has 0 heterocycles. The lowest BCUT2D eigenvalue weighted by Gasteiger charge is -2.14. The van der Waals surface area contributed by atoms with E-state index in [-0.39, 0.29) is 16.9 Å². The SMILES string of the molecule is CCC1(CNS(=O)(=O)c2cc(CN)ccc2F)CC1. The highest BCUT2D eigenvalue weighted by molar-refractivity contribution is 7.89. The van der Waals surface area contributed by atoms with Crippen LogP contribution in [0.1, 0.15) is 31.7 Å². The van der Waals surface area contributed by atoms with Gasteiger partial charge in [0.2, 0.25) is 10.0 Å². The van der Waals surface area contributed by atoms with Crippen LogP contribution in [0.15, 0.2) is 23.1 Å². The van der Waals surface area contributed by atoms with Gasteiger partial charge in [-0.1, -0.05) is 13.0 Å². The van der Waals surface area contributed by atoms with E-state index in [1.807, 2.05) is 6.92 Å². The van der Waals surface area contributed by atoms with Gasteiger partial charge in [0, 0.05) is 13.1 Å². The standard InChI is InChI=1S/C13H19FN2O2S/c1-2-13(5-6-13)9-16-19(17,18)12-7-10(8-15)3-4-11(12)14/h3-4,7,16H,2,5-6,8-9,15H2,1H3. The maximum Gasteiger partial charge on any atom is 0.243 e. The third-order valence-electron chi connectivity index (χ3n) is 3.87. The summed E-state index contributed by atoms with van der Waals surface area (Å²) >= 11 is 0. The molecule has 0 aromatic heterocycles. The van der Waals surface area contributed by atoms with Crippen molar-refractivity contribution in [3.63, 3.8) is 0 Å². The molecule has 1 saturated carbocycles. The molecule has 0 unspecified atom stereocenters. The molecule has 1 aliphatic carbocycles. The van der Waals surface area contributed by atoms with Crippen molar-refractivity contribution in [3.05, 3.63) is 29.6 Å². The average Bonchev–Trinajstić information content (AvgIpc) is 3.18. The van der Waals surface area contributed by atoms with E-state index < -0.39 is 15.8 Å². The molecule has 3 N–H and O–H groups in total. The number of hydrogen-bond acceptors (Lipinski definition) is 3. The van der Waals surface area contributed by atoms with E-state index >= 15 is 0 Å². The van der Waals surface area contributed by atoms with Gasteiger partial charge in [-0.25, -0.2) is 17.5 Å². The quantitative estimate of drug-likeness (QED) is 0.837. The Balaban J connectivity index is 2.19. The monoisotopic (exact) mass is 286 g/mol. The summed E-state index contributed by atoms with van der Waals surface area (Å²) in [5.41, 5.74) is 6.12. The fraction of sp³-hybridized carbons (Fsp3) is 0.538. The Morgan fingerprint density at radius 3 is 2.63 bits per heavy atom. The van der Waals surface area contributed by atoms with E-state index in [1.165, 1.54) is 12.1 Å². The van der Waals surface area contributed by atoms with Crippen molar-refractivity contribution in [1.82, 2.24) is 4.72 Å². The number of nitrogens with one attached hydrogen (secondary N) is 1. The Hall–Kier alpha value is -0.980. The van der Waals surface area contributed by atoms with Crippen LogP contribution in [0.25, 0.3) is 0 Å². The molecule has 0 spiro atoms. The number of hydrogen-bond donors (Lipinski definition) is 2. The highest BCUT2D eigenvalue weighted by atomic mass is 32.2. The summed E-state index contributed by atoms with van der Waals surface area (Å²) in [6.45, 7) is 2.59. The first-order chi connectivity index (χ1) is 8.92. The fourth-order valence-corrected chi connectivity index (χ4v) is 3.32. The molecule has 6 heteroatoms. The molecule has 0 aliphatic heterocycles. The van der Waals surface area contributed by atoms with Gasteiger partial charge < -0.3 is 5.73 Å². The lowest BCUT2D eigenvalue weighted by atomic mass is 10.1. The molecule has 2 rings (SSSR count). The van der Waals surface area contributed by atoms with Gasteiger partial charge in [-0.15, -0.1) is 0 Å². The Morgan fingerprint density at radius 1 is 1.42 bits per heavy atom. The largest absolute Gasteiger partial charge is 0.326 e. The minimum Gasteiger partial charge on any atom is -0.326 e. The van der Waals surface area contributed by atoms with Crippen LogP contribution in [-0.4, -0.2) is 15.0 Å². The van der Waals surface area contributed by atoms with Crippen LogP contribution < -0.4 is 10.5 Å².